The van der Waals surface area contributed by atoms with Crippen molar-refractivity contribution in [3.05, 3.63) is 35.1 Å². The largest absolute Gasteiger partial charge is 0.393 e. The van der Waals surface area contributed by atoms with Crippen LogP contribution in [0.3, 0.4) is 0 Å². The van der Waals surface area contributed by atoms with E-state index in [1.165, 1.54) is 12.1 Å². The number of nitrogens with two attached hydrogens (primary N) is 1. The molecule has 1 aromatic carbocycles. The first kappa shape index (κ1) is 13.6. The van der Waals surface area contributed by atoms with E-state index in [2.05, 4.69) is 5.32 Å². The average molecular weight is 254 g/mol. The highest BCUT2D eigenvalue weighted by Gasteiger charge is 2.13. The molecule has 1 aromatic rings. The molecule has 0 heterocycles. The molecule has 1 atom stereocenters. The third kappa shape index (κ3) is 3.78. The van der Waals surface area contributed by atoms with Crippen molar-refractivity contribution in [2.24, 2.45) is 11.7 Å². The van der Waals surface area contributed by atoms with Crippen molar-refractivity contribution in [2.75, 3.05) is 6.54 Å². The molecule has 3 nitrogen and oxygen atoms in total. The van der Waals surface area contributed by atoms with E-state index in [0.29, 0.717) is 11.5 Å². The van der Waals surface area contributed by atoms with Crippen molar-refractivity contribution >= 4 is 23.1 Å². The molecule has 0 spiro atoms. The van der Waals surface area contributed by atoms with Crippen LogP contribution in [0.2, 0.25) is 0 Å². The molecule has 1 amide bonds. The first-order chi connectivity index (χ1) is 7.91. The standard InChI is InChI=1S/C12H15FN2OS/c1-7-3-4-10(13)9(5-7)12(16)15-6-8(2)11(14)17/h3-5,8H,6H2,1-2H3,(H2,14,17)(H,15,16). The van der Waals surface area contributed by atoms with Gasteiger partial charge in [0.05, 0.1) is 10.6 Å². The number of hydrogen-bond acceptors (Lipinski definition) is 2. The quantitative estimate of drug-likeness (QED) is 0.805. The molecule has 1 rings (SSSR count). The molecule has 0 bridgehead atoms. The summed E-state index contributed by atoms with van der Waals surface area (Å²) >= 11 is 4.79. The van der Waals surface area contributed by atoms with Crippen molar-refractivity contribution in [3.63, 3.8) is 0 Å². The summed E-state index contributed by atoms with van der Waals surface area (Å²) in [6.07, 6.45) is 0. The Labute approximate surface area is 105 Å². The van der Waals surface area contributed by atoms with Crippen molar-refractivity contribution < 1.29 is 9.18 Å². The predicted molar refractivity (Wildman–Crippen MR) is 69.4 cm³/mol. The number of aryl methyl sites for hydroxylation is 1. The van der Waals surface area contributed by atoms with Crippen LogP contribution in [0.1, 0.15) is 22.8 Å². The monoisotopic (exact) mass is 254 g/mol. The van der Waals surface area contributed by atoms with Gasteiger partial charge in [0.2, 0.25) is 0 Å². The molecule has 1 unspecified atom stereocenters. The fourth-order valence-corrected chi connectivity index (χ4v) is 1.34. The summed E-state index contributed by atoms with van der Waals surface area (Å²) in [6, 6.07) is 4.40. The maximum atomic E-state index is 13.4. The first-order valence-electron chi connectivity index (χ1n) is 5.25. The summed E-state index contributed by atoms with van der Waals surface area (Å²) in [5.41, 5.74) is 6.30. The molecule has 0 saturated carbocycles. The highest BCUT2D eigenvalue weighted by molar-refractivity contribution is 7.80. The molecule has 0 radical (unpaired) electrons. The lowest BCUT2D eigenvalue weighted by Crippen LogP contribution is -2.34. The van der Waals surface area contributed by atoms with Gasteiger partial charge in [-0.2, -0.15) is 0 Å². The number of amides is 1. The zero-order valence-electron chi connectivity index (χ0n) is 9.79. The van der Waals surface area contributed by atoms with E-state index in [1.54, 1.807) is 19.9 Å². The van der Waals surface area contributed by atoms with E-state index in [9.17, 15) is 9.18 Å². The van der Waals surface area contributed by atoms with Gasteiger partial charge in [0, 0.05) is 12.5 Å². The minimum absolute atomic E-state index is 0.0418. The van der Waals surface area contributed by atoms with Gasteiger partial charge in [0.1, 0.15) is 5.82 Å². The second-order valence-corrected chi connectivity index (χ2v) is 4.47. The van der Waals surface area contributed by atoms with Crippen LogP contribution in [0.15, 0.2) is 18.2 Å². The summed E-state index contributed by atoms with van der Waals surface area (Å²) in [5.74, 6) is -1.09. The molecule has 0 aromatic heterocycles. The molecule has 0 saturated heterocycles. The van der Waals surface area contributed by atoms with E-state index in [1.807, 2.05) is 0 Å². The number of nitrogens with one attached hydrogen (secondary N) is 1. The van der Waals surface area contributed by atoms with Gasteiger partial charge in [-0.1, -0.05) is 30.8 Å². The average Bonchev–Trinajstić information content (AvgIpc) is 2.28. The number of hydrogen-bond donors (Lipinski definition) is 2. The van der Waals surface area contributed by atoms with Gasteiger partial charge in [-0.25, -0.2) is 4.39 Å². The van der Waals surface area contributed by atoms with Crippen molar-refractivity contribution in [1.29, 1.82) is 0 Å². The van der Waals surface area contributed by atoms with Crippen LogP contribution >= 0.6 is 12.2 Å². The van der Waals surface area contributed by atoms with Gasteiger partial charge < -0.3 is 11.1 Å². The zero-order valence-corrected chi connectivity index (χ0v) is 10.6. The molecule has 0 aliphatic heterocycles. The first-order valence-corrected chi connectivity index (χ1v) is 5.66. The van der Waals surface area contributed by atoms with Crippen LogP contribution in [0.25, 0.3) is 0 Å². The normalized spacial score (nSPS) is 11.9. The predicted octanol–water partition coefficient (Wildman–Crippen LogP) is 1.79. The van der Waals surface area contributed by atoms with Gasteiger partial charge >= 0.3 is 0 Å². The summed E-state index contributed by atoms with van der Waals surface area (Å²) in [7, 11) is 0. The van der Waals surface area contributed by atoms with Crippen LogP contribution in [-0.2, 0) is 0 Å². The van der Waals surface area contributed by atoms with E-state index in [-0.39, 0.29) is 11.5 Å². The molecular formula is C12H15FN2OS. The number of benzene rings is 1. The van der Waals surface area contributed by atoms with Crippen LogP contribution in [0.5, 0.6) is 0 Å². The highest BCUT2D eigenvalue weighted by atomic mass is 32.1. The van der Waals surface area contributed by atoms with Gasteiger partial charge in [0.25, 0.3) is 5.91 Å². The summed E-state index contributed by atoms with van der Waals surface area (Å²) in [6.45, 7) is 3.91. The number of thiocarbonyl (C=S) groups is 1. The van der Waals surface area contributed by atoms with Gasteiger partial charge in [-0.05, 0) is 19.1 Å². The molecule has 0 aliphatic carbocycles. The Kier molecular flexibility index (Phi) is 4.57. The Morgan fingerprint density at radius 2 is 2.24 bits per heavy atom. The lowest BCUT2D eigenvalue weighted by atomic mass is 10.1. The van der Waals surface area contributed by atoms with E-state index in [0.717, 1.165) is 5.56 Å². The molecule has 0 aliphatic rings. The minimum Gasteiger partial charge on any atom is -0.393 e. The Morgan fingerprint density at radius 3 is 2.82 bits per heavy atom. The maximum absolute atomic E-state index is 13.4. The molecular weight excluding hydrogens is 239 g/mol. The van der Waals surface area contributed by atoms with Crippen LogP contribution in [0, 0.1) is 18.7 Å². The highest BCUT2D eigenvalue weighted by Crippen LogP contribution is 2.09. The van der Waals surface area contributed by atoms with Crippen LogP contribution in [-0.4, -0.2) is 17.4 Å². The maximum Gasteiger partial charge on any atom is 0.254 e. The van der Waals surface area contributed by atoms with Crippen LogP contribution < -0.4 is 11.1 Å². The van der Waals surface area contributed by atoms with Gasteiger partial charge in [-0.15, -0.1) is 0 Å². The number of carbonyl (C=O) groups is 1. The number of carbonyl (C=O) groups excluding carboxylic acids is 1. The molecule has 17 heavy (non-hydrogen) atoms. The fourth-order valence-electron chi connectivity index (χ4n) is 1.25. The lowest BCUT2D eigenvalue weighted by Gasteiger charge is -2.11. The number of rotatable bonds is 4. The molecule has 5 heteroatoms. The zero-order chi connectivity index (χ0) is 13.0. The topological polar surface area (TPSA) is 55.1 Å². The van der Waals surface area contributed by atoms with E-state index >= 15 is 0 Å². The fraction of sp³-hybridized carbons (Fsp3) is 0.333. The third-order valence-corrected chi connectivity index (χ3v) is 2.82. The van der Waals surface area contributed by atoms with Crippen LogP contribution in [0.4, 0.5) is 4.39 Å². The summed E-state index contributed by atoms with van der Waals surface area (Å²) in [5, 5.41) is 2.60. The number of halogens is 1. The Hall–Kier alpha value is -1.49. The SMILES string of the molecule is Cc1ccc(F)c(C(=O)NCC(C)C(N)=S)c1. The second-order valence-electron chi connectivity index (χ2n) is 4.00. The van der Waals surface area contributed by atoms with Gasteiger partial charge in [-0.3, -0.25) is 4.79 Å². The summed E-state index contributed by atoms with van der Waals surface area (Å²) in [4.78, 5) is 12.0. The Balaban J connectivity index is 2.70. The Bertz CT molecular complexity index is 448. The van der Waals surface area contributed by atoms with Crippen molar-refractivity contribution in [1.82, 2.24) is 5.32 Å². The van der Waals surface area contributed by atoms with Gasteiger partial charge in [0.15, 0.2) is 0 Å². The minimum atomic E-state index is -0.531. The van der Waals surface area contributed by atoms with E-state index < -0.39 is 11.7 Å². The Morgan fingerprint density at radius 1 is 1.59 bits per heavy atom. The molecule has 3 N–H and O–H groups in total. The van der Waals surface area contributed by atoms with Crippen molar-refractivity contribution in [2.45, 2.75) is 13.8 Å². The molecule has 92 valence electrons. The van der Waals surface area contributed by atoms with E-state index in [4.69, 9.17) is 18.0 Å². The smallest absolute Gasteiger partial charge is 0.254 e. The third-order valence-electron chi connectivity index (χ3n) is 2.42. The lowest BCUT2D eigenvalue weighted by molar-refractivity contribution is 0.0947. The van der Waals surface area contributed by atoms with Crippen molar-refractivity contribution in [3.8, 4) is 0 Å². The molecule has 0 fully saturated rings. The summed E-state index contributed by atoms with van der Waals surface area (Å²) < 4.78 is 13.4. The second kappa shape index (κ2) is 5.72.